The molecule has 0 aliphatic heterocycles. The van der Waals surface area contributed by atoms with Crippen molar-refractivity contribution in [3.63, 3.8) is 0 Å². The maximum atomic E-state index is 11.7. The van der Waals surface area contributed by atoms with Gasteiger partial charge in [0.2, 0.25) is 0 Å². The molecule has 8 heteroatoms. The predicted molar refractivity (Wildman–Crippen MR) is 72.0 cm³/mol. The summed E-state index contributed by atoms with van der Waals surface area (Å²) in [5.41, 5.74) is -0.992. The van der Waals surface area contributed by atoms with Gasteiger partial charge >= 0.3 is 23.9 Å². The van der Waals surface area contributed by atoms with Crippen LogP contribution in [-0.2, 0) is 28.7 Å². The Morgan fingerprint density at radius 2 is 1.55 bits per heavy atom. The molecule has 0 radical (unpaired) electrons. The van der Waals surface area contributed by atoms with E-state index < -0.39 is 35.6 Å². The fourth-order valence-electron chi connectivity index (χ4n) is 2.35. The summed E-state index contributed by atoms with van der Waals surface area (Å²) in [6.45, 7) is 1.63. The minimum atomic E-state index is -1.09. The second-order valence-electron chi connectivity index (χ2n) is 5.44. The molecule has 0 bridgehead atoms. The lowest BCUT2D eigenvalue weighted by molar-refractivity contribution is -0.180. The molecular weight excluding hydrogens is 296 g/mol. The molecule has 8 nitrogen and oxygen atoms in total. The first-order chi connectivity index (χ1) is 10.2. The Labute approximate surface area is 127 Å². The molecule has 2 atom stereocenters. The third kappa shape index (κ3) is 5.71. The van der Waals surface area contributed by atoms with Gasteiger partial charge in [-0.05, 0) is 26.2 Å². The highest BCUT2D eigenvalue weighted by molar-refractivity contribution is 5.77. The molecule has 1 aliphatic rings. The number of carboxylic acid groups (broad SMARTS) is 2. The van der Waals surface area contributed by atoms with Crippen molar-refractivity contribution in [3.8, 4) is 0 Å². The summed E-state index contributed by atoms with van der Waals surface area (Å²) < 4.78 is 10.5. The zero-order valence-corrected chi connectivity index (χ0v) is 12.4. The van der Waals surface area contributed by atoms with E-state index in [-0.39, 0.29) is 25.7 Å². The Bertz CT molecular complexity index is 458. The van der Waals surface area contributed by atoms with E-state index in [4.69, 9.17) is 19.7 Å². The van der Waals surface area contributed by atoms with E-state index in [9.17, 15) is 19.2 Å². The summed E-state index contributed by atoms with van der Waals surface area (Å²) in [4.78, 5) is 44.1. The Balaban J connectivity index is 2.52. The van der Waals surface area contributed by atoms with Crippen LogP contribution in [0.25, 0.3) is 0 Å². The van der Waals surface area contributed by atoms with Crippen LogP contribution in [-0.4, -0.2) is 45.8 Å². The van der Waals surface area contributed by atoms with Gasteiger partial charge in [-0.25, -0.2) is 0 Å². The van der Waals surface area contributed by atoms with Crippen LogP contribution in [0.2, 0.25) is 0 Å². The van der Waals surface area contributed by atoms with E-state index in [2.05, 4.69) is 0 Å². The van der Waals surface area contributed by atoms with Gasteiger partial charge in [-0.2, -0.15) is 0 Å². The second-order valence-corrected chi connectivity index (χ2v) is 5.44. The van der Waals surface area contributed by atoms with Crippen molar-refractivity contribution in [2.75, 3.05) is 0 Å². The van der Waals surface area contributed by atoms with Gasteiger partial charge in [0, 0.05) is 0 Å². The van der Waals surface area contributed by atoms with E-state index >= 15 is 0 Å². The van der Waals surface area contributed by atoms with E-state index in [1.807, 2.05) is 0 Å². The second kappa shape index (κ2) is 7.77. The number of carbonyl (C=O) groups excluding carboxylic acids is 2. The predicted octanol–water partition coefficient (Wildman–Crippen LogP) is 1.11. The average Bonchev–Trinajstić information content (AvgIpc) is 2.75. The zero-order valence-electron chi connectivity index (χ0n) is 12.4. The lowest BCUT2D eigenvalue weighted by Gasteiger charge is -2.31. The molecule has 1 fully saturated rings. The van der Waals surface area contributed by atoms with Gasteiger partial charge in [-0.1, -0.05) is 0 Å². The van der Waals surface area contributed by atoms with Crippen molar-refractivity contribution in [1.29, 1.82) is 0 Å². The van der Waals surface area contributed by atoms with Gasteiger partial charge in [-0.15, -0.1) is 0 Å². The summed E-state index contributed by atoms with van der Waals surface area (Å²) in [6.07, 6.45) is -0.0513. The Hall–Kier alpha value is -2.12. The first-order valence-electron chi connectivity index (χ1n) is 7.08. The molecule has 2 unspecified atom stereocenters. The van der Waals surface area contributed by atoms with E-state index in [0.717, 1.165) is 0 Å². The summed E-state index contributed by atoms with van der Waals surface area (Å²) in [5.74, 6) is -3.49. The average molecular weight is 316 g/mol. The molecule has 0 heterocycles. The van der Waals surface area contributed by atoms with Crippen LogP contribution in [0.3, 0.4) is 0 Å². The van der Waals surface area contributed by atoms with Crippen LogP contribution < -0.4 is 0 Å². The number of ether oxygens (including phenoxy) is 2. The Morgan fingerprint density at radius 1 is 1.00 bits per heavy atom. The standard InChI is InChI=1S/C14H20O8/c1-14(22-13(20)7-5-11(17)18)8-2-3-9(14)21-12(19)6-4-10(15)16/h9H,2-8H2,1H3,(H,15,16)(H,17,18). The smallest absolute Gasteiger partial charge is 0.307 e. The fraction of sp³-hybridized carbons (Fsp3) is 0.714. The topological polar surface area (TPSA) is 127 Å². The largest absolute Gasteiger partial charge is 0.481 e. The van der Waals surface area contributed by atoms with Crippen LogP contribution >= 0.6 is 0 Å². The molecule has 0 amide bonds. The van der Waals surface area contributed by atoms with Crippen LogP contribution in [0.1, 0.15) is 51.9 Å². The number of hydrogen-bond acceptors (Lipinski definition) is 6. The number of rotatable bonds is 8. The molecule has 1 rings (SSSR count). The normalized spacial score (nSPS) is 23.8. The van der Waals surface area contributed by atoms with Crippen LogP contribution in [0.4, 0.5) is 0 Å². The molecule has 0 saturated heterocycles. The number of aliphatic carboxylic acids is 2. The van der Waals surface area contributed by atoms with Gasteiger partial charge in [0.1, 0.15) is 11.7 Å². The van der Waals surface area contributed by atoms with Gasteiger partial charge in [0.25, 0.3) is 0 Å². The number of carboxylic acids is 2. The maximum absolute atomic E-state index is 11.7. The molecule has 0 aromatic carbocycles. The van der Waals surface area contributed by atoms with Gasteiger partial charge in [-0.3, -0.25) is 19.2 Å². The molecule has 2 N–H and O–H groups in total. The molecule has 0 spiro atoms. The minimum absolute atomic E-state index is 0.241. The van der Waals surface area contributed by atoms with Crippen molar-refractivity contribution < 1.29 is 38.9 Å². The monoisotopic (exact) mass is 316 g/mol. The first-order valence-corrected chi connectivity index (χ1v) is 7.08. The SMILES string of the molecule is CC1(OC(=O)CCC(=O)O)CCCC1OC(=O)CCC(=O)O. The van der Waals surface area contributed by atoms with Gasteiger partial charge < -0.3 is 19.7 Å². The van der Waals surface area contributed by atoms with E-state index in [0.29, 0.717) is 19.3 Å². The lowest BCUT2D eigenvalue weighted by Crippen LogP contribution is -2.42. The summed E-state index contributed by atoms with van der Waals surface area (Å²) in [6, 6.07) is 0. The Kier molecular flexibility index (Phi) is 6.33. The number of hydrogen-bond donors (Lipinski definition) is 2. The maximum Gasteiger partial charge on any atom is 0.307 e. The van der Waals surface area contributed by atoms with Crippen molar-refractivity contribution in [2.24, 2.45) is 0 Å². The van der Waals surface area contributed by atoms with Crippen LogP contribution in [0.5, 0.6) is 0 Å². The molecule has 0 aromatic rings. The fourth-order valence-corrected chi connectivity index (χ4v) is 2.35. The van der Waals surface area contributed by atoms with E-state index in [1.165, 1.54) is 0 Å². The summed E-state index contributed by atoms with van der Waals surface area (Å²) in [7, 11) is 0. The van der Waals surface area contributed by atoms with Gasteiger partial charge in [0.15, 0.2) is 0 Å². The molecular formula is C14H20O8. The third-order valence-electron chi connectivity index (χ3n) is 3.53. The highest BCUT2D eigenvalue weighted by Gasteiger charge is 2.44. The molecule has 0 aromatic heterocycles. The highest BCUT2D eigenvalue weighted by Crippen LogP contribution is 2.36. The lowest BCUT2D eigenvalue weighted by atomic mass is 10.0. The minimum Gasteiger partial charge on any atom is -0.481 e. The Morgan fingerprint density at radius 3 is 2.09 bits per heavy atom. The van der Waals surface area contributed by atoms with E-state index in [1.54, 1.807) is 6.92 Å². The summed E-state index contributed by atoms with van der Waals surface area (Å²) >= 11 is 0. The van der Waals surface area contributed by atoms with Crippen molar-refractivity contribution >= 4 is 23.9 Å². The van der Waals surface area contributed by atoms with Crippen molar-refractivity contribution in [1.82, 2.24) is 0 Å². The first kappa shape index (κ1) is 17.9. The van der Waals surface area contributed by atoms with Gasteiger partial charge in [0.05, 0.1) is 25.7 Å². The highest BCUT2D eigenvalue weighted by atomic mass is 16.6. The number of esters is 2. The molecule has 22 heavy (non-hydrogen) atoms. The number of carbonyl (C=O) groups is 4. The van der Waals surface area contributed by atoms with Crippen LogP contribution in [0, 0.1) is 0 Å². The third-order valence-corrected chi connectivity index (χ3v) is 3.53. The van der Waals surface area contributed by atoms with Crippen molar-refractivity contribution in [2.45, 2.75) is 63.6 Å². The quantitative estimate of drug-likeness (QED) is 0.637. The zero-order chi connectivity index (χ0) is 16.8. The molecule has 1 aliphatic carbocycles. The molecule has 124 valence electrons. The molecule has 1 saturated carbocycles. The van der Waals surface area contributed by atoms with Crippen LogP contribution in [0.15, 0.2) is 0 Å². The van der Waals surface area contributed by atoms with Crippen molar-refractivity contribution in [3.05, 3.63) is 0 Å². The summed E-state index contributed by atoms with van der Waals surface area (Å²) in [5, 5.41) is 17.1.